The molecule has 7 heteroatoms. The lowest BCUT2D eigenvalue weighted by Crippen LogP contribution is -2.22. The van der Waals surface area contributed by atoms with Crippen molar-refractivity contribution in [3.8, 4) is 5.75 Å². The quantitative estimate of drug-likeness (QED) is 0.662. The van der Waals surface area contributed by atoms with Gasteiger partial charge in [-0.1, -0.05) is 42.5 Å². The van der Waals surface area contributed by atoms with Crippen LogP contribution in [0.25, 0.3) is 22.0 Å². The average Bonchev–Trinajstić information content (AvgIpc) is 2.66. The van der Waals surface area contributed by atoms with Crippen LogP contribution in [0.2, 0.25) is 0 Å². The lowest BCUT2D eigenvalue weighted by atomic mass is 10.1. The Morgan fingerprint density at radius 2 is 2.11 bits per heavy atom. The molecule has 1 heterocycles. The summed E-state index contributed by atoms with van der Waals surface area (Å²) in [7, 11) is 0. The zero-order chi connectivity index (χ0) is 19.4. The van der Waals surface area contributed by atoms with Crippen LogP contribution in [0.3, 0.4) is 0 Å². The number of rotatable bonds is 6. The Kier molecular flexibility index (Phi) is 5.38. The van der Waals surface area contributed by atoms with Crippen molar-refractivity contribution in [2.45, 2.75) is 0 Å². The van der Waals surface area contributed by atoms with Crippen LogP contribution in [-0.4, -0.2) is 22.5 Å². The number of carboxylic acid groups (broad SMARTS) is 1. The summed E-state index contributed by atoms with van der Waals surface area (Å²) in [5.41, 5.74) is 0.464. The molecular formula is C20H14ClN2O4-. The van der Waals surface area contributed by atoms with E-state index in [1.165, 1.54) is 18.2 Å². The Balaban J connectivity index is 2.00. The van der Waals surface area contributed by atoms with Crippen molar-refractivity contribution in [1.82, 2.24) is 9.97 Å². The first-order valence-electron chi connectivity index (χ1n) is 7.94. The molecular weight excluding hydrogens is 368 g/mol. The lowest BCUT2D eigenvalue weighted by molar-refractivity contribution is -0.255. The van der Waals surface area contributed by atoms with Gasteiger partial charge in [-0.2, -0.15) is 0 Å². The average molecular weight is 382 g/mol. The van der Waals surface area contributed by atoms with Gasteiger partial charge in [0.25, 0.3) is 5.56 Å². The summed E-state index contributed by atoms with van der Waals surface area (Å²) in [6.45, 7) is 3.97. The van der Waals surface area contributed by atoms with Crippen LogP contribution < -0.4 is 15.4 Å². The summed E-state index contributed by atoms with van der Waals surface area (Å²) >= 11 is 6.31. The molecule has 0 atom stereocenters. The molecule has 0 fully saturated rings. The first-order chi connectivity index (χ1) is 13.0. The number of H-pyrrole nitrogens is 1. The smallest absolute Gasteiger partial charge is 0.259 e. The van der Waals surface area contributed by atoms with E-state index >= 15 is 0 Å². The van der Waals surface area contributed by atoms with Gasteiger partial charge in [0.1, 0.15) is 12.4 Å². The summed E-state index contributed by atoms with van der Waals surface area (Å²) in [5.74, 6) is -0.577. The van der Waals surface area contributed by atoms with Gasteiger partial charge in [0.2, 0.25) is 0 Å². The van der Waals surface area contributed by atoms with Gasteiger partial charge in [-0.25, -0.2) is 4.98 Å². The third-order valence-electron chi connectivity index (χ3n) is 3.69. The molecule has 0 saturated heterocycles. The van der Waals surface area contributed by atoms with Crippen molar-refractivity contribution in [2.75, 3.05) is 6.61 Å². The van der Waals surface area contributed by atoms with Crippen molar-refractivity contribution < 1.29 is 14.6 Å². The first kappa shape index (κ1) is 18.4. The molecule has 0 aliphatic carbocycles. The second-order valence-corrected chi connectivity index (χ2v) is 6.01. The Morgan fingerprint density at radius 3 is 2.85 bits per heavy atom. The van der Waals surface area contributed by atoms with Crippen molar-refractivity contribution in [3.05, 3.63) is 82.4 Å². The van der Waals surface area contributed by atoms with E-state index in [1.807, 2.05) is 6.07 Å². The minimum Gasteiger partial charge on any atom is -0.545 e. The van der Waals surface area contributed by atoms with Crippen LogP contribution in [0.1, 0.15) is 21.7 Å². The molecule has 3 aromatic rings. The normalized spacial score (nSPS) is 11.4. The summed E-state index contributed by atoms with van der Waals surface area (Å²) in [5, 5.41) is 11.5. The summed E-state index contributed by atoms with van der Waals surface area (Å²) < 4.78 is 5.47. The second-order valence-electron chi connectivity index (χ2n) is 5.60. The number of carboxylic acids is 1. The number of carbonyl (C=O) groups excluding carboxylic acids is 1. The van der Waals surface area contributed by atoms with Crippen LogP contribution in [0.4, 0.5) is 0 Å². The third-order valence-corrected chi connectivity index (χ3v) is 3.98. The molecule has 1 N–H and O–H groups in total. The minimum absolute atomic E-state index is 0.0706. The number of nitrogens with one attached hydrogen (secondary N) is 1. The van der Waals surface area contributed by atoms with Gasteiger partial charge in [-0.05, 0) is 41.5 Å². The molecule has 0 bridgehead atoms. The molecule has 0 saturated carbocycles. The highest BCUT2D eigenvalue weighted by molar-refractivity contribution is 6.50. The number of aromatic nitrogens is 2. The molecule has 2 aromatic carbocycles. The Labute approximate surface area is 159 Å². The number of hydrogen-bond acceptors (Lipinski definition) is 5. The fourth-order valence-corrected chi connectivity index (χ4v) is 2.66. The number of ether oxygens (including phenoxy) is 1. The van der Waals surface area contributed by atoms with Crippen molar-refractivity contribution in [3.63, 3.8) is 0 Å². The van der Waals surface area contributed by atoms with E-state index in [2.05, 4.69) is 16.5 Å². The number of halogens is 1. The maximum atomic E-state index is 12.2. The van der Waals surface area contributed by atoms with Gasteiger partial charge in [0.15, 0.2) is 5.82 Å². The fraction of sp³-hybridized carbons (Fsp3) is 0.0500. The number of aromatic carboxylic acids is 1. The Bertz CT molecular complexity index is 1120. The minimum atomic E-state index is -1.35. The fourth-order valence-electron chi connectivity index (χ4n) is 2.44. The number of aromatic amines is 1. The molecule has 27 heavy (non-hydrogen) atoms. The summed E-state index contributed by atoms with van der Waals surface area (Å²) in [4.78, 5) is 30.1. The zero-order valence-corrected chi connectivity index (χ0v) is 14.8. The highest BCUT2D eigenvalue weighted by Crippen LogP contribution is 2.22. The molecule has 0 aliphatic rings. The third kappa shape index (κ3) is 4.24. The predicted molar refractivity (Wildman–Crippen MR) is 103 cm³/mol. The molecule has 136 valence electrons. The number of benzene rings is 2. The number of hydrogen-bond donors (Lipinski definition) is 1. The predicted octanol–water partition coefficient (Wildman–Crippen LogP) is 2.59. The Hall–Kier alpha value is -3.38. The van der Waals surface area contributed by atoms with Crippen molar-refractivity contribution >= 4 is 39.6 Å². The van der Waals surface area contributed by atoms with Crippen LogP contribution in [0.15, 0.2) is 59.9 Å². The topological polar surface area (TPSA) is 95.1 Å². The van der Waals surface area contributed by atoms with E-state index in [1.54, 1.807) is 30.4 Å². The van der Waals surface area contributed by atoms with Gasteiger partial charge < -0.3 is 19.6 Å². The largest absolute Gasteiger partial charge is 0.545 e. The molecule has 0 amide bonds. The maximum absolute atomic E-state index is 12.2. The monoisotopic (exact) mass is 381 g/mol. The van der Waals surface area contributed by atoms with E-state index in [9.17, 15) is 14.7 Å². The molecule has 1 aromatic heterocycles. The molecule has 0 spiro atoms. The van der Waals surface area contributed by atoms with E-state index in [0.29, 0.717) is 12.4 Å². The van der Waals surface area contributed by atoms with Crippen LogP contribution in [0.5, 0.6) is 5.75 Å². The van der Waals surface area contributed by atoms with Gasteiger partial charge >= 0.3 is 0 Å². The van der Waals surface area contributed by atoms with Gasteiger partial charge in [0.05, 0.1) is 21.9 Å². The van der Waals surface area contributed by atoms with Crippen LogP contribution >= 0.6 is 11.6 Å². The number of carbonyl (C=O) groups is 1. The SMILES string of the molecule is C=CCOc1cccc(/C=C(\Cl)c2nc3cc(C(=O)[O-])ccc3c(=O)[nH]2)c1. The van der Waals surface area contributed by atoms with Crippen LogP contribution in [-0.2, 0) is 0 Å². The maximum Gasteiger partial charge on any atom is 0.259 e. The molecule has 3 rings (SSSR count). The lowest BCUT2D eigenvalue weighted by Gasteiger charge is -2.06. The molecule has 0 aliphatic heterocycles. The Morgan fingerprint density at radius 1 is 1.30 bits per heavy atom. The van der Waals surface area contributed by atoms with E-state index in [4.69, 9.17) is 16.3 Å². The van der Waals surface area contributed by atoms with Crippen molar-refractivity contribution in [2.24, 2.45) is 0 Å². The first-order valence-corrected chi connectivity index (χ1v) is 8.32. The standard InChI is InChI=1S/C20H15ClN2O4/c1-2-8-27-14-5-3-4-12(9-14)10-16(21)18-22-17-11-13(20(25)26)6-7-15(17)19(24)23-18/h2-7,9-11H,1,8H2,(H,25,26)(H,22,23,24)/p-1/b16-10-. The van der Waals surface area contributed by atoms with Gasteiger partial charge in [-0.3, -0.25) is 4.79 Å². The second kappa shape index (κ2) is 7.88. The van der Waals surface area contributed by atoms with E-state index in [0.717, 1.165) is 5.56 Å². The van der Waals surface area contributed by atoms with Crippen molar-refractivity contribution in [1.29, 1.82) is 0 Å². The summed E-state index contributed by atoms with van der Waals surface area (Å²) in [6.07, 6.45) is 3.26. The molecule has 0 radical (unpaired) electrons. The highest BCUT2D eigenvalue weighted by atomic mass is 35.5. The molecule has 6 nitrogen and oxygen atoms in total. The number of fused-ring (bicyclic) bond motifs is 1. The highest BCUT2D eigenvalue weighted by Gasteiger charge is 2.08. The molecule has 0 unspecified atom stereocenters. The van der Waals surface area contributed by atoms with E-state index in [-0.39, 0.29) is 27.3 Å². The van der Waals surface area contributed by atoms with Gasteiger partial charge in [-0.15, -0.1) is 0 Å². The van der Waals surface area contributed by atoms with Crippen LogP contribution in [0, 0.1) is 0 Å². The summed E-state index contributed by atoms with van der Waals surface area (Å²) in [6, 6.07) is 11.1. The zero-order valence-electron chi connectivity index (χ0n) is 14.1. The van der Waals surface area contributed by atoms with E-state index < -0.39 is 11.5 Å². The van der Waals surface area contributed by atoms with Gasteiger partial charge in [0, 0.05) is 0 Å². The number of nitrogens with zero attached hydrogens (tertiary/aromatic N) is 1.